The number of benzene rings is 2. The number of nitrogens with zero attached hydrogens (tertiary/aromatic N) is 2. The number of carbonyl (C=O) groups is 1. The highest BCUT2D eigenvalue weighted by Gasteiger charge is 2.15. The molecule has 0 aliphatic rings. The third kappa shape index (κ3) is 4.61. The predicted molar refractivity (Wildman–Crippen MR) is 108 cm³/mol. The third-order valence-corrected chi connectivity index (χ3v) is 4.98. The van der Waals surface area contributed by atoms with Crippen LogP contribution in [0, 0.1) is 6.92 Å². The number of halogens is 1. The molecule has 1 heterocycles. The van der Waals surface area contributed by atoms with Gasteiger partial charge in [0.05, 0.1) is 11.0 Å². The highest BCUT2D eigenvalue weighted by atomic mass is 35.5. The number of para-hydroxylation sites is 2. The van der Waals surface area contributed by atoms with E-state index in [9.17, 15) is 4.79 Å². The van der Waals surface area contributed by atoms with Crippen LogP contribution < -0.4 is 10.1 Å². The van der Waals surface area contributed by atoms with Gasteiger partial charge in [-0.1, -0.05) is 30.7 Å². The molecule has 3 aromatic rings. The summed E-state index contributed by atoms with van der Waals surface area (Å²) in [6.45, 7) is 6.46. The van der Waals surface area contributed by atoms with Crippen LogP contribution in [0.25, 0.3) is 11.0 Å². The van der Waals surface area contributed by atoms with Gasteiger partial charge in [0, 0.05) is 11.1 Å². The molecule has 0 fully saturated rings. The van der Waals surface area contributed by atoms with Crippen molar-refractivity contribution in [3.63, 3.8) is 0 Å². The number of amides is 1. The summed E-state index contributed by atoms with van der Waals surface area (Å²) in [6, 6.07) is 13.5. The fourth-order valence-electron chi connectivity index (χ4n) is 2.83. The number of fused-ring (bicyclic) bond motifs is 1. The van der Waals surface area contributed by atoms with E-state index in [1.807, 2.05) is 67.8 Å². The second-order valence-corrected chi connectivity index (χ2v) is 7.09. The molecule has 2 aromatic carbocycles. The maximum absolute atomic E-state index is 12.4. The van der Waals surface area contributed by atoms with E-state index in [1.54, 1.807) is 0 Å². The molecule has 0 aliphatic heterocycles. The van der Waals surface area contributed by atoms with Crippen molar-refractivity contribution in [1.82, 2.24) is 14.9 Å². The molecule has 0 saturated carbocycles. The second kappa shape index (κ2) is 8.44. The summed E-state index contributed by atoms with van der Waals surface area (Å²) in [7, 11) is 0. The number of hydrogen-bond acceptors (Lipinski definition) is 3. The molecule has 1 N–H and O–H groups in total. The number of hydrogen-bond donors (Lipinski definition) is 1. The molecule has 27 heavy (non-hydrogen) atoms. The molecule has 0 aliphatic carbocycles. The number of ether oxygens (including phenoxy) is 1. The Morgan fingerprint density at radius 1 is 1.30 bits per heavy atom. The molecule has 1 atom stereocenters. The molecule has 0 saturated heterocycles. The Balaban J connectivity index is 1.83. The minimum atomic E-state index is -0.0314. The molecule has 1 amide bonds. The largest absolute Gasteiger partial charge is 0.486 e. The van der Waals surface area contributed by atoms with Crippen LogP contribution in [-0.4, -0.2) is 21.5 Å². The SMILES string of the molecule is CCC(C)NC(=O)Cn1c(COc2ccc(Cl)c(C)c2)nc2ccccc21. The lowest BCUT2D eigenvalue weighted by Gasteiger charge is -2.14. The first kappa shape index (κ1) is 19.2. The van der Waals surface area contributed by atoms with E-state index in [1.165, 1.54) is 0 Å². The van der Waals surface area contributed by atoms with Crippen LogP contribution in [0.1, 0.15) is 31.7 Å². The predicted octanol–water partition coefficient (Wildman–Crippen LogP) is 4.49. The Kier molecular flexibility index (Phi) is 6.01. The molecule has 0 bridgehead atoms. The highest BCUT2D eigenvalue weighted by molar-refractivity contribution is 6.31. The average Bonchev–Trinajstić information content (AvgIpc) is 3.00. The lowest BCUT2D eigenvalue weighted by Crippen LogP contribution is -2.35. The first-order valence-electron chi connectivity index (χ1n) is 9.10. The van der Waals surface area contributed by atoms with E-state index in [2.05, 4.69) is 10.3 Å². The van der Waals surface area contributed by atoms with Gasteiger partial charge < -0.3 is 14.6 Å². The van der Waals surface area contributed by atoms with Crippen LogP contribution in [-0.2, 0) is 17.9 Å². The second-order valence-electron chi connectivity index (χ2n) is 6.68. The van der Waals surface area contributed by atoms with Gasteiger partial charge in [-0.15, -0.1) is 0 Å². The maximum atomic E-state index is 12.4. The van der Waals surface area contributed by atoms with Gasteiger partial charge in [-0.3, -0.25) is 4.79 Å². The van der Waals surface area contributed by atoms with Crippen molar-refractivity contribution in [2.24, 2.45) is 0 Å². The van der Waals surface area contributed by atoms with E-state index in [4.69, 9.17) is 16.3 Å². The summed E-state index contributed by atoms with van der Waals surface area (Å²) >= 11 is 6.07. The summed E-state index contributed by atoms with van der Waals surface area (Å²) in [4.78, 5) is 17.1. The summed E-state index contributed by atoms with van der Waals surface area (Å²) in [6.07, 6.45) is 0.891. The number of nitrogens with one attached hydrogen (secondary N) is 1. The number of rotatable bonds is 7. The molecule has 142 valence electrons. The Morgan fingerprint density at radius 3 is 2.81 bits per heavy atom. The van der Waals surface area contributed by atoms with Crippen LogP contribution in [0.4, 0.5) is 0 Å². The van der Waals surface area contributed by atoms with Gasteiger partial charge in [0.1, 0.15) is 24.7 Å². The molecule has 6 heteroatoms. The minimum Gasteiger partial charge on any atom is -0.486 e. The fraction of sp³-hybridized carbons (Fsp3) is 0.333. The Bertz CT molecular complexity index is 952. The van der Waals surface area contributed by atoms with Crippen LogP contribution in [0.5, 0.6) is 5.75 Å². The number of aromatic nitrogens is 2. The van der Waals surface area contributed by atoms with E-state index in [0.29, 0.717) is 10.8 Å². The van der Waals surface area contributed by atoms with E-state index in [-0.39, 0.29) is 25.1 Å². The van der Waals surface area contributed by atoms with Crippen LogP contribution in [0.3, 0.4) is 0 Å². The lowest BCUT2D eigenvalue weighted by molar-refractivity contribution is -0.122. The molecule has 5 nitrogen and oxygen atoms in total. The fourth-order valence-corrected chi connectivity index (χ4v) is 2.95. The first-order valence-corrected chi connectivity index (χ1v) is 9.48. The van der Waals surface area contributed by atoms with E-state index >= 15 is 0 Å². The van der Waals surface area contributed by atoms with Crippen molar-refractivity contribution < 1.29 is 9.53 Å². The normalized spacial score (nSPS) is 12.1. The number of imidazole rings is 1. The number of aryl methyl sites for hydroxylation is 1. The van der Waals surface area contributed by atoms with E-state index in [0.717, 1.165) is 28.8 Å². The number of carbonyl (C=O) groups excluding carboxylic acids is 1. The average molecular weight is 386 g/mol. The van der Waals surface area contributed by atoms with Gasteiger partial charge in [0.15, 0.2) is 0 Å². The quantitative estimate of drug-likeness (QED) is 0.651. The molecular formula is C21H24ClN3O2. The van der Waals surface area contributed by atoms with Crippen molar-refractivity contribution in [3.05, 3.63) is 58.9 Å². The maximum Gasteiger partial charge on any atom is 0.240 e. The smallest absolute Gasteiger partial charge is 0.240 e. The van der Waals surface area contributed by atoms with Gasteiger partial charge in [-0.05, 0) is 56.2 Å². The van der Waals surface area contributed by atoms with Gasteiger partial charge >= 0.3 is 0 Å². The standard InChI is InChI=1S/C21H24ClN3O2/c1-4-15(3)23-21(26)12-25-19-8-6-5-7-18(19)24-20(25)13-27-16-9-10-17(22)14(2)11-16/h5-11,15H,4,12-13H2,1-3H3,(H,23,26). The summed E-state index contributed by atoms with van der Waals surface area (Å²) in [5.74, 6) is 1.40. The Labute approximate surface area is 164 Å². The monoisotopic (exact) mass is 385 g/mol. The Morgan fingerprint density at radius 2 is 2.07 bits per heavy atom. The zero-order valence-corrected chi connectivity index (χ0v) is 16.6. The third-order valence-electron chi connectivity index (χ3n) is 4.55. The molecular weight excluding hydrogens is 362 g/mol. The van der Waals surface area contributed by atoms with Crippen LogP contribution in [0.2, 0.25) is 5.02 Å². The van der Waals surface area contributed by atoms with Crippen molar-refractivity contribution >= 4 is 28.5 Å². The van der Waals surface area contributed by atoms with Crippen molar-refractivity contribution in [2.75, 3.05) is 0 Å². The zero-order valence-electron chi connectivity index (χ0n) is 15.8. The first-order chi connectivity index (χ1) is 13.0. The van der Waals surface area contributed by atoms with Crippen molar-refractivity contribution in [1.29, 1.82) is 0 Å². The lowest BCUT2D eigenvalue weighted by atomic mass is 10.2. The summed E-state index contributed by atoms with van der Waals surface area (Å²) in [5.41, 5.74) is 2.72. The van der Waals surface area contributed by atoms with Crippen LogP contribution >= 0.6 is 11.6 Å². The van der Waals surface area contributed by atoms with Gasteiger partial charge in [-0.2, -0.15) is 0 Å². The molecule has 3 rings (SSSR count). The molecule has 0 spiro atoms. The summed E-state index contributed by atoms with van der Waals surface area (Å²) in [5, 5.41) is 3.71. The molecule has 1 aromatic heterocycles. The molecule has 1 unspecified atom stereocenters. The van der Waals surface area contributed by atoms with Gasteiger partial charge in [0.2, 0.25) is 5.91 Å². The summed E-state index contributed by atoms with van der Waals surface area (Å²) < 4.78 is 7.82. The van der Waals surface area contributed by atoms with Gasteiger partial charge in [-0.25, -0.2) is 4.98 Å². The zero-order chi connectivity index (χ0) is 19.4. The van der Waals surface area contributed by atoms with Crippen molar-refractivity contribution in [3.8, 4) is 5.75 Å². The Hall–Kier alpha value is -2.53. The highest BCUT2D eigenvalue weighted by Crippen LogP contribution is 2.23. The molecule has 0 radical (unpaired) electrons. The topological polar surface area (TPSA) is 56.2 Å². The van der Waals surface area contributed by atoms with Crippen molar-refractivity contribution in [2.45, 2.75) is 46.4 Å². The van der Waals surface area contributed by atoms with Crippen LogP contribution in [0.15, 0.2) is 42.5 Å². The van der Waals surface area contributed by atoms with Gasteiger partial charge in [0.25, 0.3) is 0 Å². The van der Waals surface area contributed by atoms with E-state index < -0.39 is 0 Å². The minimum absolute atomic E-state index is 0.0314.